The van der Waals surface area contributed by atoms with Gasteiger partial charge in [0.15, 0.2) is 0 Å². The van der Waals surface area contributed by atoms with Gasteiger partial charge in [0.25, 0.3) is 0 Å². The predicted molar refractivity (Wildman–Crippen MR) is 147 cm³/mol. The first-order chi connectivity index (χ1) is 16.8. The zero-order valence-corrected chi connectivity index (χ0v) is 21.1. The number of hydrogen-bond acceptors (Lipinski definition) is 1. The Labute approximate surface area is 207 Å². The molecule has 0 fully saturated rings. The van der Waals surface area contributed by atoms with Crippen molar-refractivity contribution in [2.75, 3.05) is 6.61 Å². The summed E-state index contributed by atoms with van der Waals surface area (Å²) in [6.07, 6.45) is 13.9. The number of aryl methyl sites for hydroxylation is 4. The molecule has 0 atom stereocenters. The van der Waals surface area contributed by atoms with Gasteiger partial charge in [-0.05, 0) is 91.2 Å². The maximum absolute atomic E-state index is 5.71. The van der Waals surface area contributed by atoms with Gasteiger partial charge in [-0.15, -0.1) is 0 Å². The summed E-state index contributed by atoms with van der Waals surface area (Å²) in [6, 6.07) is 27.1. The predicted octanol–water partition coefficient (Wildman–Crippen LogP) is 8.78. The van der Waals surface area contributed by atoms with Gasteiger partial charge >= 0.3 is 0 Å². The lowest BCUT2D eigenvalue weighted by Crippen LogP contribution is -1.95. The molecule has 0 aromatic heterocycles. The average Bonchev–Trinajstić information content (AvgIpc) is 2.89. The highest BCUT2D eigenvalue weighted by Gasteiger charge is 2.00. The smallest absolute Gasteiger partial charge is 0.0716 e. The van der Waals surface area contributed by atoms with Crippen molar-refractivity contribution in [2.45, 2.75) is 77.7 Å². The van der Waals surface area contributed by atoms with E-state index in [0.29, 0.717) is 0 Å². The molecular weight excluding hydrogens is 412 g/mol. The number of unbranched alkanes of at least 4 members (excludes halogenated alkanes) is 3. The maximum Gasteiger partial charge on any atom is 0.0716 e. The van der Waals surface area contributed by atoms with Crippen LogP contribution in [0.25, 0.3) is 6.08 Å². The molecule has 0 saturated heterocycles. The lowest BCUT2D eigenvalue weighted by molar-refractivity contribution is 0.118. The molecule has 0 N–H and O–H groups in total. The summed E-state index contributed by atoms with van der Waals surface area (Å²) in [4.78, 5) is 0. The Morgan fingerprint density at radius 3 is 1.32 bits per heavy atom. The SMILES string of the molecule is C=Cc1ccc(CCCCc2ccc(CCCCc3ccc(COCCCC)cc3)cc2)cc1. The Morgan fingerprint density at radius 2 is 0.941 bits per heavy atom. The molecule has 0 saturated carbocycles. The van der Waals surface area contributed by atoms with Crippen molar-refractivity contribution in [1.82, 2.24) is 0 Å². The molecule has 0 aliphatic carbocycles. The zero-order chi connectivity index (χ0) is 23.8. The highest BCUT2D eigenvalue weighted by atomic mass is 16.5. The van der Waals surface area contributed by atoms with Gasteiger partial charge in [0.2, 0.25) is 0 Å². The third kappa shape index (κ3) is 9.69. The Balaban J connectivity index is 1.27. The number of benzene rings is 3. The molecule has 1 heteroatoms. The Hall–Kier alpha value is -2.64. The molecule has 0 bridgehead atoms. The van der Waals surface area contributed by atoms with Crippen LogP contribution in [0.2, 0.25) is 0 Å². The second-order valence-corrected chi connectivity index (χ2v) is 9.40. The van der Waals surface area contributed by atoms with Crippen LogP contribution in [-0.2, 0) is 37.0 Å². The van der Waals surface area contributed by atoms with Gasteiger partial charge in [-0.1, -0.05) is 98.8 Å². The second-order valence-electron chi connectivity index (χ2n) is 9.40. The van der Waals surface area contributed by atoms with Crippen LogP contribution in [0.4, 0.5) is 0 Å². The van der Waals surface area contributed by atoms with Crippen LogP contribution in [0.15, 0.2) is 79.4 Å². The fourth-order valence-corrected chi connectivity index (χ4v) is 4.25. The fourth-order valence-electron chi connectivity index (χ4n) is 4.25. The number of ether oxygens (including phenoxy) is 1. The first-order valence-corrected chi connectivity index (χ1v) is 13.2. The largest absolute Gasteiger partial charge is 0.377 e. The topological polar surface area (TPSA) is 9.23 Å². The summed E-state index contributed by atoms with van der Waals surface area (Å²) in [5.74, 6) is 0. The quantitative estimate of drug-likeness (QED) is 0.197. The molecule has 3 rings (SSSR count). The molecule has 0 aliphatic rings. The van der Waals surface area contributed by atoms with E-state index >= 15 is 0 Å². The summed E-state index contributed by atoms with van der Waals surface area (Å²) >= 11 is 0. The molecule has 3 aromatic carbocycles. The Kier molecular flexibility index (Phi) is 11.7. The molecule has 0 unspecified atom stereocenters. The molecule has 0 amide bonds. The standard InChI is InChI=1S/C33H42O/c1-3-5-26-34-27-33-24-22-32(23-25-33)13-9-8-12-31-20-18-30(19-21-31)11-7-6-10-29-16-14-28(4-2)15-17-29/h4,14-25H,2-3,5-13,26-27H2,1H3. The molecule has 0 spiro atoms. The van der Waals surface area contributed by atoms with Crippen molar-refractivity contribution in [2.24, 2.45) is 0 Å². The molecule has 0 radical (unpaired) electrons. The van der Waals surface area contributed by atoms with Crippen molar-refractivity contribution in [1.29, 1.82) is 0 Å². The normalized spacial score (nSPS) is 11.0. The van der Waals surface area contributed by atoms with Gasteiger partial charge in [-0.25, -0.2) is 0 Å². The lowest BCUT2D eigenvalue weighted by Gasteiger charge is -2.07. The Bertz CT molecular complexity index is 935. The van der Waals surface area contributed by atoms with Crippen molar-refractivity contribution in [3.63, 3.8) is 0 Å². The summed E-state index contributed by atoms with van der Waals surface area (Å²) in [7, 11) is 0. The first kappa shape index (κ1) is 26.0. The monoisotopic (exact) mass is 454 g/mol. The minimum atomic E-state index is 0.736. The van der Waals surface area contributed by atoms with E-state index in [2.05, 4.69) is 86.3 Å². The van der Waals surface area contributed by atoms with E-state index in [1.807, 2.05) is 6.08 Å². The summed E-state index contributed by atoms with van der Waals surface area (Å²) < 4.78 is 5.71. The van der Waals surface area contributed by atoms with Gasteiger partial charge in [0.1, 0.15) is 0 Å². The lowest BCUT2D eigenvalue weighted by atomic mass is 10.00. The van der Waals surface area contributed by atoms with Gasteiger partial charge in [-0.2, -0.15) is 0 Å². The highest BCUT2D eigenvalue weighted by molar-refractivity contribution is 5.47. The third-order valence-corrected chi connectivity index (χ3v) is 6.53. The summed E-state index contributed by atoms with van der Waals surface area (Å²) in [5.41, 5.74) is 8.26. The fraction of sp³-hybridized carbons (Fsp3) is 0.394. The Morgan fingerprint density at radius 1 is 0.559 bits per heavy atom. The maximum atomic E-state index is 5.71. The van der Waals surface area contributed by atoms with E-state index in [4.69, 9.17) is 4.74 Å². The van der Waals surface area contributed by atoms with Crippen molar-refractivity contribution in [3.05, 3.63) is 113 Å². The van der Waals surface area contributed by atoms with Gasteiger partial charge in [0.05, 0.1) is 6.61 Å². The minimum absolute atomic E-state index is 0.736. The zero-order valence-electron chi connectivity index (χ0n) is 21.1. The average molecular weight is 455 g/mol. The van der Waals surface area contributed by atoms with Crippen LogP contribution < -0.4 is 0 Å². The highest BCUT2D eigenvalue weighted by Crippen LogP contribution is 2.15. The van der Waals surface area contributed by atoms with Crippen molar-refractivity contribution < 1.29 is 4.74 Å². The molecule has 0 heterocycles. The molecule has 34 heavy (non-hydrogen) atoms. The molecule has 1 nitrogen and oxygen atoms in total. The van der Waals surface area contributed by atoms with E-state index < -0.39 is 0 Å². The summed E-state index contributed by atoms with van der Waals surface area (Å²) in [6.45, 7) is 7.62. The van der Waals surface area contributed by atoms with E-state index in [9.17, 15) is 0 Å². The van der Waals surface area contributed by atoms with Crippen LogP contribution in [-0.4, -0.2) is 6.61 Å². The van der Waals surface area contributed by atoms with Crippen molar-refractivity contribution in [3.8, 4) is 0 Å². The van der Waals surface area contributed by atoms with E-state index in [1.165, 1.54) is 78.3 Å². The molecular formula is C33H42O. The molecule has 180 valence electrons. The van der Waals surface area contributed by atoms with Crippen LogP contribution in [0.1, 0.15) is 78.8 Å². The third-order valence-electron chi connectivity index (χ3n) is 6.53. The van der Waals surface area contributed by atoms with Gasteiger partial charge < -0.3 is 4.74 Å². The van der Waals surface area contributed by atoms with Crippen LogP contribution in [0.5, 0.6) is 0 Å². The van der Waals surface area contributed by atoms with Crippen LogP contribution in [0.3, 0.4) is 0 Å². The van der Waals surface area contributed by atoms with Gasteiger partial charge in [0, 0.05) is 6.61 Å². The minimum Gasteiger partial charge on any atom is -0.377 e. The van der Waals surface area contributed by atoms with E-state index in [-0.39, 0.29) is 0 Å². The van der Waals surface area contributed by atoms with E-state index in [0.717, 1.165) is 32.5 Å². The van der Waals surface area contributed by atoms with Crippen LogP contribution >= 0.6 is 0 Å². The first-order valence-electron chi connectivity index (χ1n) is 13.2. The number of hydrogen-bond donors (Lipinski definition) is 0. The summed E-state index contributed by atoms with van der Waals surface area (Å²) in [5, 5.41) is 0. The molecule has 3 aromatic rings. The number of rotatable bonds is 16. The van der Waals surface area contributed by atoms with Gasteiger partial charge in [-0.3, -0.25) is 0 Å². The second kappa shape index (κ2) is 15.3. The van der Waals surface area contributed by atoms with Crippen molar-refractivity contribution >= 4 is 6.08 Å². The molecule has 0 aliphatic heterocycles. The van der Waals surface area contributed by atoms with Crippen LogP contribution in [0, 0.1) is 0 Å². The van der Waals surface area contributed by atoms with E-state index in [1.54, 1.807) is 0 Å².